The van der Waals surface area contributed by atoms with Crippen molar-refractivity contribution < 1.29 is 9.90 Å². The highest BCUT2D eigenvalue weighted by Gasteiger charge is 2.21. The Hall–Kier alpha value is -2.43. The molecule has 6 heteroatoms. The number of phenolic OH excluding ortho intramolecular Hbond substituents is 1. The van der Waals surface area contributed by atoms with Crippen LogP contribution in [-0.2, 0) is 6.42 Å². The number of carbonyl (C=O) groups excluding carboxylic acids is 1. The van der Waals surface area contributed by atoms with Crippen LogP contribution >= 0.6 is 23.2 Å². The Bertz CT molecular complexity index is 1050. The number of amides is 2. The number of aryl methyl sites for hydroxylation is 1. The van der Waals surface area contributed by atoms with Gasteiger partial charge in [0.1, 0.15) is 5.75 Å². The second-order valence-corrected chi connectivity index (χ2v) is 7.88. The second-order valence-electron chi connectivity index (χ2n) is 7.07. The van der Waals surface area contributed by atoms with Crippen molar-refractivity contribution >= 4 is 45.7 Å². The molecule has 3 aromatic carbocycles. The molecule has 1 aliphatic rings. The highest BCUT2D eigenvalue weighted by Crippen LogP contribution is 2.38. The summed E-state index contributed by atoms with van der Waals surface area (Å²) in [5.74, 6) is 0.380. The fourth-order valence-electron chi connectivity index (χ4n) is 3.90. The molecule has 0 radical (unpaired) electrons. The summed E-state index contributed by atoms with van der Waals surface area (Å²) in [7, 11) is 0. The van der Waals surface area contributed by atoms with Crippen molar-refractivity contribution in [1.82, 2.24) is 5.32 Å². The molecular formula is C22H20Cl2N2O2. The van der Waals surface area contributed by atoms with Gasteiger partial charge in [-0.15, -0.1) is 0 Å². The normalized spacial score (nSPS) is 15.9. The molecule has 1 atom stereocenters. The third-order valence-electron chi connectivity index (χ3n) is 5.26. The first-order chi connectivity index (χ1) is 13.5. The van der Waals surface area contributed by atoms with Crippen molar-refractivity contribution in [1.29, 1.82) is 0 Å². The molecule has 28 heavy (non-hydrogen) atoms. The highest BCUT2D eigenvalue weighted by atomic mass is 35.5. The molecule has 0 saturated heterocycles. The number of phenols is 1. The lowest BCUT2D eigenvalue weighted by Crippen LogP contribution is -2.33. The first kappa shape index (κ1) is 18.9. The molecular weight excluding hydrogens is 395 g/mol. The predicted molar refractivity (Wildman–Crippen MR) is 115 cm³/mol. The number of benzene rings is 3. The molecule has 0 aliphatic heterocycles. The summed E-state index contributed by atoms with van der Waals surface area (Å²) >= 11 is 12.6. The van der Waals surface area contributed by atoms with Gasteiger partial charge in [-0.2, -0.15) is 0 Å². The van der Waals surface area contributed by atoms with E-state index in [1.54, 1.807) is 24.3 Å². The van der Waals surface area contributed by atoms with Crippen LogP contribution in [-0.4, -0.2) is 17.7 Å². The summed E-state index contributed by atoms with van der Waals surface area (Å²) in [6, 6.07) is 14.5. The number of hydrogen-bond acceptors (Lipinski definition) is 2. The molecule has 0 fully saturated rings. The van der Waals surface area contributed by atoms with Crippen LogP contribution in [0.2, 0.25) is 10.0 Å². The minimum absolute atomic E-state index is 0.0769. The average molecular weight is 415 g/mol. The van der Waals surface area contributed by atoms with Crippen molar-refractivity contribution in [3.05, 3.63) is 69.7 Å². The lowest BCUT2D eigenvalue weighted by atomic mass is 9.83. The third kappa shape index (κ3) is 3.75. The van der Waals surface area contributed by atoms with E-state index in [0.29, 0.717) is 39.0 Å². The minimum Gasteiger partial charge on any atom is -0.508 e. The Morgan fingerprint density at radius 3 is 2.75 bits per heavy atom. The molecule has 0 spiro atoms. The predicted octanol–water partition coefficient (Wildman–Crippen LogP) is 6.09. The van der Waals surface area contributed by atoms with Crippen molar-refractivity contribution in [3.8, 4) is 5.75 Å². The molecule has 4 nitrogen and oxygen atoms in total. The summed E-state index contributed by atoms with van der Waals surface area (Å²) in [4.78, 5) is 12.6. The van der Waals surface area contributed by atoms with Crippen molar-refractivity contribution in [3.63, 3.8) is 0 Å². The van der Waals surface area contributed by atoms with Gasteiger partial charge in [-0.1, -0.05) is 47.5 Å². The number of aromatic hydroxyl groups is 1. The Morgan fingerprint density at radius 2 is 1.89 bits per heavy atom. The maximum absolute atomic E-state index is 12.6. The van der Waals surface area contributed by atoms with Crippen LogP contribution in [0.3, 0.4) is 0 Å². The second kappa shape index (κ2) is 7.90. The minimum atomic E-state index is -0.336. The molecule has 4 rings (SSSR count). The Morgan fingerprint density at radius 1 is 1.07 bits per heavy atom. The Labute approximate surface area is 173 Å². The summed E-state index contributed by atoms with van der Waals surface area (Å²) in [5.41, 5.74) is 3.11. The summed E-state index contributed by atoms with van der Waals surface area (Å²) in [6.45, 7) is 0.553. The molecule has 1 unspecified atom stereocenters. The number of halogens is 2. The number of nitrogens with one attached hydrogen (secondary N) is 2. The maximum Gasteiger partial charge on any atom is 0.319 e. The number of urea groups is 1. The zero-order valence-electron chi connectivity index (χ0n) is 15.1. The molecule has 2 amide bonds. The van der Waals surface area contributed by atoms with E-state index in [2.05, 4.69) is 28.8 Å². The van der Waals surface area contributed by atoms with Gasteiger partial charge >= 0.3 is 6.03 Å². The van der Waals surface area contributed by atoms with Crippen molar-refractivity contribution in [2.24, 2.45) is 0 Å². The van der Waals surface area contributed by atoms with Crippen LogP contribution in [0.4, 0.5) is 10.5 Å². The van der Waals surface area contributed by atoms with E-state index in [9.17, 15) is 9.90 Å². The quantitative estimate of drug-likeness (QED) is 0.485. The summed E-state index contributed by atoms with van der Waals surface area (Å²) in [5, 5.41) is 17.7. The number of anilines is 1. The van der Waals surface area contributed by atoms with Gasteiger partial charge in [0.05, 0.1) is 15.7 Å². The van der Waals surface area contributed by atoms with Gasteiger partial charge in [0.15, 0.2) is 0 Å². The summed E-state index contributed by atoms with van der Waals surface area (Å²) < 4.78 is 0. The largest absolute Gasteiger partial charge is 0.508 e. The van der Waals surface area contributed by atoms with E-state index in [4.69, 9.17) is 23.2 Å². The molecule has 3 N–H and O–H groups in total. The van der Waals surface area contributed by atoms with Crippen LogP contribution < -0.4 is 10.6 Å². The number of fused-ring (bicyclic) bond motifs is 2. The van der Waals surface area contributed by atoms with Crippen LogP contribution in [0.15, 0.2) is 48.5 Å². The fourth-order valence-corrected chi connectivity index (χ4v) is 4.49. The Kier molecular flexibility index (Phi) is 5.33. The van der Waals surface area contributed by atoms with Crippen molar-refractivity contribution in [2.45, 2.75) is 25.2 Å². The van der Waals surface area contributed by atoms with Gasteiger partial charge in [-0.3, -0.25) is 0 Å². The Balaban J connectivity index is 1.52. The SMILES string of the molecule is O=C(NCC1CCCc2ccccc21)Nc1c(Cl)cc(Cl)c2ccc(O)cc12. The smallest absolute Gasteiger partial charge is 0.319 e. The van der Waals surface area contributed by atoms with Crippen LogP contribution in [0.1, 0.15) is 29.9 Å². The number of carbonyl (C=O) groups is 1. The van der Waals surface area contributed by atoms with Gasteiger partial charge in [-0.05, 0) is 54.7 Å². The molecule has 3 aromatic rings. The average Bonchev–Trinajstić information content (AvgIpc) is 2.69. The van der Waals surface area contributed by atoms with E-state index < -0.39 is 0 Å². The third-order valence-corrected chi connectivity index (χ3v) is 5.87. The first-order valence-electron chi connectivity index (χ1n) is 9.26. The van der Waals surface area contributed by atoms with E-state index in [1.165, 1.54) is 11.1 Å². The van der Waals surface area contributed by atoms with Crippen LogP contribution in [0, 0.1) is 0 Å². The van der Waals surface area contributed by atoms with Crippen LogP contribution in [0.5, 0.6) is 5.75 Å². The van der Waals surface area contributed by atoms with Gasteiger partial charge in [0, 0.05) is 23.2 Å². The lowest BCUT2D eigenvalue weighted by Gasteiger charge is -2.25. The van der Waals surface area contributed by atoms with Crippen molar-refractivity contribution in [2.75, 3.05) is 11.9 Å². The summed E-state index contributed by atoms with van der Waals surface area (Å²) in [6.07, 6.45) is 3.27. The molecule has 144 valence electrons. The van der Waals surface area contributed by atoms with Gasteiger partial charge in [0.25, 0.3) is 0 Å². The fraction of sp³-hybridized carbons (Fsp3) is 0.227. The zero-order valence-corrected chi connectivity index (χ0v) is 16.6. The van der Waals surface area contributed by atoms with E-state index in [-0.39, 0.29) is 11.8 Å². The lowest BCUT2D eigenvalue weighted by molar-refractivity contribution is 0.251. The zero-order chi connectivity index (χ0) is 19.7. The van der Waals surface area contributed by atoms with E-state index in [0.717, 1.165) is 19.3 Å². The maximum atomic E-state index is 12.6. The first-order valence-corrected chi connectivity index (χ1v) is 10.0. The van der Waals surface area contributed by atoms with Gasteiger partial charge in [0.2, 0.25) is 0 Å². The molecule has 0 bridgehead atoms. The molecule has 1 aliphatic carbocycles. The molecule has 0 saturated carbocycles. The van der Waals surface area contributed by atoms with E-state index >= 15 is 0 Å². The number of hydrogen-bond donors (Lipinski definition) is 3. The number of rotatable bonds is 3. The highest BCUT2D eigenvalue weighted by molar-refractivity contribution is 6.41. The van der Waals surface area contributed by atoms with Gasteiger partial charge in [-0.25, -0.2) is 4.79 Å². The monoisotopic (exact) mass is 414 g/mol. The van der Waals surface area contributed by atoms with Gasteiger partial charge < -0.3 is 15.7 Å². The molecule has 0 aromatic heterocycles. The topological polar surface area (TPSA) is 61.4 Å². The van der Waals surface area contributed by atoms with E-state index in [1.807, 2.05) is 6.07 Å². The van der Waals surface area contributed by atoms with Crippen LogP contribution in [0.25, 0.3) is 10.8 Å². The molecule has 0 heterocycles. The standard InChI is InChI=1S/C22H20Cl2N2O2/c23-19-11-20(24)21(18-10-15(27)8-9-17(18)19)26-22(28)25-12-14-6-3-5-13-4-1-2-7-16(13)14/h1-2,4,7-11,14,27H,3,5-6,12H2,(H2,25,26,28).